The molecule has 19 heavy (non-hydrogen) atoms. The van der Waals surface area contributed by atoms with Crippen molar-refractivity contribution in [2.24, 2.45) is 0 Å². The van der Waals surface area contributed by atoms with E-state index in [1.54, 1.807) is 13.0 Å². The third-order valence-corrected chi connectivity index (χ3v) is 2.81. The van der Waals surface area contributed by atoms with Crippen LogP contribution in [-0.2, 0) is 16.0 Å². The predicted molar refractivity (Wildman–Crippen MR) is 70.3 cm³/mol. The van der Waals surface area contributed by atoms with Crippen LogP contribution in [-0.4, -0.2) is 23.6 Å². The number of carbonyl (C=O) groups is 2. The molecular weight excluding hydrogens is 246 g/mol. The first-order valence-electron chi connectivity index (χ1n) is 6.00. The maximum Gasteiger partial charge on any atom is 0.328 e. The SMILES string of the molecule is C/C(=C/C(=O)O)COc1ccc2c(c1)NC(=O)CC2. The van der Waals surface area contributed by atoms with Crippen molar-refractivity contribution in [3.63, 3.8) is 0 Å². The van der Waals surface area contributed by atoms with Gasteiger partial charge in [0.25, 0.3) is 0 Å². The van der Waals surface area contributed by atoms with Crippen molar-refractivity contribution in [2.45, 2.75) is 19.8 Å². The number of carboxylic acid groups (broad SMARTS) is 1. The maximum atomic E-state index is 11.3. The molecule has 0 aromatic heterocycles. The minimum atomic E-state index is -0.987. The fourth-order valence-electron chi connectivity index (χ4n) is 1.89. The van der Waals surface area contributed by atoms with E-state index in [4.69, 9.17) is 9.84 Å². The van der Waals surface area contributed by atoms with E-state index >= 15 is 0 Å². The van der Waals surface area contributed by atoms with Crippen molar-refractivity contribution < 1.29 is 19.4 Å². The average Bonchev–Trinajstić information content (AvgIpc) is 2.35. The van der Waals surface area contributed by atoms with Gasteiger partial charge in [0.05, 0.1) is 0 Å². The number of hydrogen-bond donors (Lipinski definition) is 2. The van der Waals surface area contributed by atoms with Gasteiger partial charge in [-0.3, -0.25) is 4.79 Å². The standard InChI is InChI=1S/C14H15NO4/c1-9(6-14(17)18)8-19-11-4-2-10-3-5-13(16)15-12(10)7-11/h2,4,6-7H,3,5,8H2,1H3,(H,15,16)(H,17,18)/b9-6-. The van der Waals surface area contributed by atoms with Gasteiger partial charge in [0.15, 0.2) is 0 Å². The lowest BCUT2D eigenvalue weighted by molar-refractivity contribution is -0.131. The van der Waals surface area contributed by atoms with Crippen LogP contribution in [0.25, 0.3) is 0 Å². The lowest BCUT2D eigenvalue weighted by Gasteiger charge is -2.17. The van der Waals surface area contributed by atoms with E-state index in [9.17, 15) is 9.59 Å². The van der Waals surface area contributed by atoms with Crippen molar-refractivity contribution in [1.29, 1.82) is 0 Å². The van der Waals surface area contributed by atoms with Crippen LogP contribution in [0.2, 0.25) is 0 Å². The third-order valence-electron chi connectivity index (χ3n) is 2.81. The second-order valence-electron chi connectivity index (χ2n) is 4.48. The molecule has 2 rings (SSSR count). The van der Waals surface area contributed by atoms with Gasteiger partial charge in [-0.25, -0.2) is 4.79 Å². The number of carbonyl (C=O) groups excluding carboxylic acids is 1. The molecular formula is C14H15NO4. The second kappa shape index (κ2) is 5.56. The van der Waals surface area contributed by atoms with E-state index in [-0.39, 0.29) is 12.5 Å². The van der Waals surface area contributed by atoms with Crippen LogP contribution in [0.15, 0.2) is 29.8 Å². The Hall–Kier alpha value is -2.30. The molecule has 1 aromatic rings. The zero-order chi connectivity index (χ0) is 13.8. The summed E-state index contributed by atoms with van der Waals surface area (Å²) in [5.41, 5.74) is 2.48. The predicted octanol–water partition coefficient (Wildman–Crippen LogP) is 1.98. The molecule has 0 saturated heterocycles. The number of benzene rings is 1. The molecule has 0 radical (unpaired) electrons. The molecule has 5 heteroatoms. The van der Waals surface area contributed by atoms with Crippen LogP contribution in [0.5, 0.6) is 5.75 Å². The van der Waals surface area contributed by atoms with Crippen molar-refractivity contribution in [3.05, 3.63) is 35.4 Å². The van der Waals surface area contributed by atoms with Gasteiger partial charge in [-0.05, 0) is 30.5 Å². The van der Waals surface area contributed by atoms with Crippen LogP contribution in [0.3, 0.4) is 0 Å². The molecule has 1 aliphatic heterocycles. The van der Waals surface area contributed by atoms with Gasteiger partial charge in [-0.2, -0.15) is 0 Å². The number of fused-ring (bicyclic) bond motifs is 1. The first-order valence-corrected chi connectivity index (χ1v) is 6.00. The van der Waals surface area contributed by atoms with Gasteiger partial charge < -0.3 is 15.2 Å². The molecule has 1 heterocycles. The zero-order valence-corrected chi connectivity index (χ0v) is 10.6. The van der Waals surface area contributed by atoms with E-state index < -0.39 is 5.97 Å². The molecule has 0 unspecified atom stereocenters. The number of ether oxygens (including phenoxy) is 1. The smallest absolute Gasteiger partial charge is 0.328 e. The van der Waals surface area contributed by atoms with E-state index in [0.29, 0.717) is 17.7 Å². The number of aliphatic carboxylic acids is 1. The normalized spacial score (nSPS) is 14.6. The number of anilines is 1. The number of amides is 1. The zero-order valence-electron chi connectivity index (χ0n) is 10.6. The highest BCUT2D eigenvalue weighted by molar-refractivity contribution is 5.94. The van der Waals surface area contributed by atoms with Crippen LogP contribution in [0.1, 0.15) is 18.9 Å². The summed E-state index contributed by atoms with van der Waals surface area (Å²) in [6.45, 7) is 1.90. The molecule has 5 nitrogen and oxygen atoms in total. The molecule has 1 aliphatic rings. The quantitative estimate of drug-likeness (QED) is 0.813. The van der Waals surface area contributed by atoms with Gasteiger partial charge in [-0.1, -0.05) is 6.07 Å². The molecule has 0 saturated carbocycles. The summed E-state index contributed by atoms with van der Waals surface area (Å²) in [6, 6.07) is 5.51. The summed E-state index contributed by atoms with van der Waals surface area (Å²) in [7, 11) is 0. The number of hydrogen-bond acceptors (Lipinski definition) is 3. The van der Waals surface area contributed by atoms with Crippen LogP contribution >= 0.6 is 0 Å². The Morgan fingerprint density at radius 2 is 2.26 bits per heavy atom. The lowest BCUT2D eigenvalue weighted by Crippen LogP contribution is -2.18. The Bertz CT molecular complexity index is 548. The molecule has 0 aliphatic carbocycles. The van der Waals surface area contributed by atoms with Crippen LogP contribution in [0, 0.1) is 0 Å². The van der Waals surface area contributed by atoms with Gasteiger partial charge in [-0.15, -0.1) is 0 Å². The topological polar surface area (TPSA) is 75.6 Å². The first-order chi connectivity index (χ1) is 9.04. The maximum absolute atomic E-state index is 11.3. The van der Waals surface area contributed by atoms with E-state index in [0.717, 1.165) is 23.7 Å². The lowest BCUT2D eigenvalue weighted by atomic mass is 10.0. The van der Waals surface area contributed by atoms with E-state index in [2.05, 4.69) is 5.32 Å². The Labute approximate surface area is 110 Å². The van der Waals surface area contributed by atoms with Crippen molar-refractivity contribution >= 4 is 17.6 Å². The fourth-order valence-corrected chi connectivity index (χ4v) is 1.89. The monoisotopic (exact) mass is 261 g/mol. The molecule has 2 N–H and O–H groups in total. The molecule has 100 valence electrons. The molecule has 0 atom stereocenters. The summed E-state index contributed by atoms with van der Waals surface area (Å²) in [5.74, 6) is -0.371. The highest BCUT2D eigenvalue weighted by Gasteiger charge is 2.14. The van der Waals surface area contributed by atoms with E-state index in [1.165, 1.54) is 0 Å². The van der Waals surface area contributed by atoms with Crippen molar-refractivity contribution in [2.75, 3.05) is 11.9 Å². The largest absolute Gasteiger partial charge is 0.489 e. The average molecular weight is 261 g/mol. The summed E-state index contributed by atoms with van der Waals surface area (Å²) < 4.78 is 5.49. The minimum Gasteiger partial charge on any atom is -0.489 e. The van der Waals surface area contributed by atoms with E-state index in [1.807, 2.05) is 12.1 Å². The summed E-state index contributed by atoms with van der Waals surface area (Å²) in [5, 5.41) is 11.4. The molecule has 1 aromatic carbocycles. The van der Waals surface area contributed by atoms with Crippen LogP contribution in [0.4, 0.5) is 5.69 Å². The van der Waals surface area contributed by atoms with Gasteiger partial charge >= 0.3 is 5.97 Å². The highest BCUT2D eigenvalue weighted by Crippen LogP contribution is 2.27. The summed E-state index contributed by atoms with van der Waals surface area (Å²) in [4.78, 5) is 21.8. The minimum absolute atomic E-state index is 0.00611. The molecule has 1 amide bonds. The highest BCUT2D eigenvalue weighted by atomic mass is 16.5. The Morgan fingerprint density at radius 3 is 3.00 bits per heavy atom. The van der Waals surface area contributed by atoms with Gasteiger partial charge in [0.1, 0.15) is 12.4 Å². The van der Waals surface area contributed by atoms with Gasteiger partial charge in [0, 0.05) is 24.3 Å². The number of rotatable bonds is 4. The number of nitrogens with one attached hydrogen (secondary N) is 1. The summed E-state index contributed by atoms with van der Waals surface area (Å²) in [6.07, 6.45) is 2.35. The molecule has 0 bridgehead atoms. The molecule has 0 fully saturated rings. The van der Waals surface area contributed by atoms with Crippen molar-refractivity contribution in [3.8, 4) is 5.75 Å². The van der Waals surface area contributed by atoms with Gasteiger partial charge in [0.2, 0.25) is 5.91 Å². The van der Waals surface area contributed by atoms with Crippen LogP contribution < -0.4 is 10.1 Å². The Balaban J connectivity index is 2.04. The first kappa shape index (κ1) is 13.1. The molecule has 0 spiro atoms. The number of carboxylic acids is 1. The number of aryl methyl sites for hydroxylation is 1. The second-order valence-corrected chi connectivity index (χ2v) is 4.48. The summed E-state index contributed by atoms with van der Waals surface area (Å²) >= 11 is 0. The fraction of sp³-hybridized carbons (Fsp3) is 0.286. The Kier molecular flexibility index (Phi) is 3.85. The van der Waals surface area contributed by atoms with Crippen molar-refractivity contribution in [1.82, 2.24) is 0 Å². The Morgan fingerprint density at radius 1 is 1.47 bits per heavy atom. The third kappa shape index (κ3) is 3.58.